The van der Waals surface area contributed by atoms with Crippen molar-refractivity contribution in [3.05, 3.63) is 11.6 Å². The van der Waals surface area contributed by atoms with E-state index in [-0.39, 0.29) is 11.5 Å². The third-order valence-corrected chi connectivity index (χ3v) is 7.97. The molecule has 3 heteroatoms. The number of fused-ring (bicyclic) bond motifs is 5. The van der Waals surface area contributed by atoms with Gasteiger partial charge in [-0.1, -0.05) is 25.5 Å². The molecule has 0 amide bonds. The zero-order chi connectivity index (χ0) is 15.5. The Balaban J connectivity index is 1.69. The molecule has 3 saturated carbocycles. The van der Waals surface area contributed by atoms with Crippen LogP contribution in [0.15, 0.2) is 16.8 Å². The summed E-state index contributed by atoms with van der Waals surface area (Å²) in [5.74, 6) is 8.04. The summed E-state index contributed by atoms with van der Waals surface area (Å²) in [5, 5.41) is 14.2. The zero-order valence-electron chi connectivity index (χ0n) is 14.0. The van der Waals surface area contributed by atoms with Crippen LogP contribution in [0.25, 0.3) is 0 Å². The van der Waals surface area contributed by atoms with Gasteiger partial charge in [0.05, 0.1) is 6.10 Å². The van der Waals surface area contributed by atoms with Gasteiger partial charge < -0.3 is 10.9 Å². The van der Waals surface area contributed by atoms with Crippen LogP contribution in [0.1, 0.15) is 65.2 Å². The van der Waals surface area contributed by atoms with Crippen LogP contribution in [-0.2, 0) is 0 Å². The van der Waals surface area contributed by atoms with E-state index >= 15 is 0 Å². The van der Waals surface area contributed by atoms with Gasteiger partial charge in [-0.25, -0.2) is 0 Å². The van der Waals surface area contributed by atoms with Crippen molar-refractivity contribution >= 4 is 5.71 Å². The van der Waals surface area contributed by atoms with E-state index in [4.69, 9.17) is 5.84 Å². The fraction of sp³-hybridized carbons (Fsp3) is 0.842. The van der Waals surface area contributed by atoms with Gasteiger partial charge >= 0.3 is 0 Å². The van der Waals surface area contributed by atoms with Crippen molar-refractivity contribution < 1.29 is 5.11 Å². The van der Waals surface area contributed by atoms with Crippen molar-refractivity contribution in [1.82, 2.24) is 0 Å². The van der Waals surface area contributed by atoms with Gasteiger partial charge in [0.1, 0.15) is 0 Å². The zero-order valence-corrected chi connectivity index (χ0v) is 14.0. The molecule has 0 saturated heterocycles. The highest BCUT2D eigenvalue weighted by Gasteiger charge is 2.57. The molecule has 0 aromatic carbocycles. The van der Waals surface area contributed by atoms with Gasteiger partial charge in [0.15, 0.2) is 0 Å². The summed E-state index contributed by atoms with van der Waals surface area (Å²) >= 11 is 0. The van der Waals surface area contributed by atoms with E-state index in [9.17, 15) is 5.11 Å². The Kier molecular flexibility index (Phi) is 3.24. The molecule has 0 aromatic heterocycles. The van der Waals surface area contributed by atoms with Gasteiger partial charge in [-0.05, 0) is 74.5 Å². The maximum atomic E-state index is 10.0. The molecule has 0 bridgehead atoms. The molecule has 6 atom stereocenters. The molecule has 0 heterocycles. The summed E-state index contributed by atoms with van der Waals surface area (Å²) in [7, 11) is 0. The lowest BCUT2D eigenvalue weighted by atomic mass is 9.48. The Morgan fingerprint density at radius 1 is 1.14 bits per heavy atom. The number of aliphatic hydroxyl groups is 1. The molecule has 0 radical (unpaired) electrons. The second-order valence-electron chi connectivity index (χ2n) is 8.73. The topological polar surface area (TPSA) is 58.6 Å². The largest absolute Gasteiger partial charge is 0.393 e. The number of hydrogen-bond donors (Lipinski definition) is 2. The summed E-state index contributed by atoms with van der Waals surface area (Å²) in [4.78, 5) is 0. The second-order valence-corrected chi connectivity index (χ2v) is 8.73. The minimum absolute atomic E-state index is 0.104. The number of aliphatic hydroxyl groups excluding tert-OH is 1. The molecular formula is C19H30N2O. The van der Waals surface area contributed by atoms with E-state index in [1.807, 2.05) is 0 Å². The lowest BCUT2D eigenvalue weighted by Crippen LogP contribution is -2.50. The van der Waals surface area contributed by atoms with Crippen LogP contribution >= 0.6 is 0 Å². The van der Waals surface area contributed by atoms with Crippen LogP contribution in [0, 0.1) is 28.6 Å². The van der Waals surface area contributed by atoms with E-state index < -0.39 is 0 Å². The molecule has 4 aliphatic rings. The number of nitrogens with two attached hydrogens (primary N) is 1. The summed E-state index contributed by atoms with van der Waals surface area (Å²) in [5.41, 5.74) is 3.43. The number of hydrogen-bond acceptors (Lipinski definition) is 3. The van der Waals surface area contributed by atoms with E-state index in [1.165, 1.54) is 37.8 Å². The van der Waals surface area contributed by atoms with Gasteiger partial charge in [-0.15, -0.1) is 0 Å². The van der Waals surface area contributed by atoms with Crippen LogP contribution in [0.2, 0.25) is 0 Å². The maximum absolute atomic E-state index is 10.0. The SMILES string of the molecule is C[C@]12CC[C@@H](O)CC1=CC[C@H]1[C@H]2CC[C@@]2(C)/C(=N\N)CC[C@H]12. The minimum Gasteiger partial charge on any atom is -0.393 e. The molecule has 4 aliphatic carbocycles. The summed E-state index contributed by atoms with van der Waals surface area (Å²) in [6.07, 6.45) is 11.6. The van der Waals surface area contributed by atoms with E-state index in [1.54, 1.807) is 5.57 Å². The second kappa shape index (κ2) is 4.83. The average molecular weight is 302 g/mol. The fourth-order valence-electron chi connectivity index (χ4n) is 6.64. The standard InChI is InChI=1S/C19H30N2O/c1-18-9-7-13(22)11-12(18)3-4-14-15-5-6-17(21-20)19(15,2)10-8-16(14)18/h3,13-16,22H,4-11,20H2,1-2H3/b21-17-/t13-,14-,15-,16-,18+,19-/m1/s1. The molecule has 0 aliphatic heterocycles. The lowest BCUT2D eigenvalue weighted by molar-refractivity contribution is -0.0209. The highest BCUT2D eigenvalue weighted by molar-refractivity contribution is 5.92. The third-order valence-electron chi connectivity index (χ3n) is 7.97. The molecule has 0 spiro atoms. The molecule has 22 heavy (non-hydrogen) atoms. The predicted octanol–water partition coefficient (Wildman–Crippen LogP) is 3.62. The Morgan fingerprint density at radius 2 is 1.86 bits per heavy atom. The summed E-state index contributed by atoms with van der Waals surface area (Å²) < 4.78 is 0. The Hall–Kier alpha value is -0.830. The number of allylic oxidation sites excluding steroid dienone is 1. The molecule has 0 unspecified atom stereocenters. The maximum Gasteiger partial charge on any atom is 0.0577 e. The van der Waals surface area contributed by atoms with Crippen LogP contribution < -0.4 is 5.84 Å². The van der Waals surface area contributed by atoms with E-state index in [2.05, 4.69) is 25.0 Å². The minimum atomic E-state index is -0.104. The van der Waals surface area contributed by atoms with Gasteiger partial charge in [0, 0.05) is 11.1 Å². The smallest absolute Gasteiger partial charge is 0.0577 e. The van der Waals surface area contributed by atoms with Crippen LogP contribution in [0.5, 0.6) is 0 Å². The quantitative estimate of drug-likeness (QED) is 0.408. The van der Waals surface area contributed by atoms with Gasteiger partial charge in [-0.3, -0.25) is 0 Å². The average Bonchev–Trinajstić information content (AvgIpc) is 2.84. The molecule has 0 aromatic rings. The predicted molar refractivity (Wildman–Crippen MR) is 89.3 cm³/mol. The first-order chi connectivity index (χ1) is 10.5. The van der Waals surface area contributed by atoms with Crippen molar-refractivity contribution in [2.45, 2.75) is 71.3 Å². The Morgan fingerprint density at radius 3 is 2.64 bits per heavy atom. The van der Waals surface area contributed by atoms with Crippen LogP contribution in [0.3, 0.4) is 0 Å². The molecule has 3 fully saturated rings. The third kappa shape index (κ3) is 1.81. The fourth-order valence-corrected chi connectivity index (χ4v) is 6.64. The van der Waals surface area contributed by atoms with Crippen LogP contribution in [-0.4, -0.2) is 16.9 Å². The molecule has 4 rings (SSSR count). The van der Waals surface area contributed by atoms with Gasteiger partial charge in [0.25, 0.3) is 0 Å². The van der Waals surface area contributed by atoms with Crippen molar-refractivity contribution in [2.24, 2.45) is 39.5 Å². The first kappa shape index (κ1) is 14.7. The van der Waals surface area contributed by atoms with Gasteiger partial charge in [0.2, 0.25) is 0 Å². The van der Waals surface area contributed by atoms with Crippen molar-refractivity contribution in [3.8, 4) is 0 Å². The molecular weight excluding hydrogens is 272 g/mol. The van der Waals surface area contributed by atoms with Crippen molar-refractivity contribution in [1.29, 1.82) is 0 Å². The highest BCUT2D eigenvalue weighted by Crippen LogP contribution is 2.64. The number of nitrogens with zero attached hydrogens (tertiary/aromatic N) is 1. The molecule has 122 valence electrons. The van der Waals surface area contributed by atoms with E-state index in [0.29, 0.717) is 5.41 Å². The number of rotatable bonds is 0. The first-order valence-corrected chi connectivity index (χ1v) is 9.14. The molecule has 3 nitrogen and oxygen atoms in total. The van der Waals surface area contributed by atoms with Crippen molar-refractivity contribution in [3.63, 3.8) is 0 Å². The summed E-state index contributed by atoms with van der Waals surface area (Å²) in [6.45, 7) is 4.90. The lowest BCUT2D eigenvalue weighted by Gasteiger charge is -2.57. The summed E-state index contributed by atoms with van der Waals surface area (Å²) in [6, 6.07) is 0. The highest BCUT2D eigenvalue weighted by atomic mass is 16.3. The first-order valence-electron chi connectivity index (χ1n) is 9.14. The van der Waals surface area contributed by atoms with Crippen molar-refractivity contribution in [2.75, 3.05) is 0 Å². The monoisotopic (exact) mass is 302 g/mol. The Labute approximate surface area is 134 Å². The van der Waals surface area contributed by atoms with Crippen LogP contribution in [0.4, 0.5) is 0 Å². The normalized spacial score (nSPS) is 52.7. The van der Waals surface area contributed by atoms with Gasteiger partial charge in [-0.2, -0.15) is 5.10 Å². The molecule has 3 N–H and O–H groups in total. The number of hydrazone groups is 1. The Bertz CT molecular complexity index is 540. The van der Waals surface area contributed by atoms with E-state index in [0.717, 1.165) is 37.0 Å².